The van der Waals surface area contributed by atoms with Crippen LogP contribution in [-0.2, 0) is 0 Å². The molecule has 6 rings (SSSR count). The Balaban J connectivity index is 0.000000224. The van der Waals surface area contributed by atoms with Crippen LogP contribution >= 0.6 is 0 Å². The molecule has 348 valence electrons. The van der Waals surface area contributed by atoms with Crippen LogP contribution in [-0.4, -0.2) is 30.6 Å². The number of hydrogen-bond acceptors (Lipinski definition) is 5. The summed E-state index contributed by atoms with van der Waals surface area (Å²) in [6.07, 6.45) is 18.1. The Morgan fingerprint density at radius 1 is 0.288 bits per heavy atom. The van der Waals surface area contributed by atoms with Crippen LogP contribution in [0, 0.1) is 27.7 Å². The summed E-state index contributed by atoms with van der Waals surface area (Å²) in [5, 5.41) is 0. The third-order valence-electron chi connectivity index (χ3n) is 11.5. The lowest BCUT2D eigenvalue weighted by molar-refractivity contribution is 0.103. The summed E-state index contributed by atoms with van der Waals surface area (Å²) in [5.41, 5.74) is 8.99. The van der Waals surface area contributed by atoms with Crippen LogP contribution in [0.25, 0.3) is 0 Å². The number of ether oxygens (including phenoxy) is 2. The van der Waals surface area contributed by atoms with E-state index in [-0.39, 0.29) is 17.3 Å². The van der Waals surface area contributed by atoms with E-state index >= 15 is 0 Å². The lowest BCUT2D eigenvalue weighted by atomic mass is 10.0. The maximum Gasteiger partial charge on any atom is 0.193 e. The van der Waals surface area contributed by atoms with Gasteiger partial charge in [-0.2, -0.15) is 0 Å². The summed E-state index contributed by atoms with van der Waals surface area (Å²) in [5.74, 6) is 1.86. The number of ketones is 3. The van der Waals surface area contributed by atoms with Gasteiger partial charge in [-0.05, 0) is 89.1 Å². The topological polar surface area (TPSA) is 69.7 Å². The summed E-state index contributed by atoms with van der Waals surface area (Å²) in [6.45, 7) is 14.0. The zero-order valence-electron chi connectivity index (χ0n) is 40.7. The van der Waals surface area contributed by atoms with Crippen LogP contribution in [0.15, 0.2) is 146 Å². The third-order valence-corrected chi connectivity index (χ3v) is 11.5. The molecule has 0 fully saturated rings. The molecule has 0 bridgehead atoms. The molecule has 5 nitrogen and oxygen atoms in total. The monoisotopic (exact) mass is 887 g/mol. The largest absolute Gasteiger partial charge is 0.494 e. The van der Waals surface area contributed by atoms with Crippen LogP contribution in [0.4, 0.5) is 0 Å². The van der Waals surface area contributed by atoms with E-state index in [0.717, 1.165) is 70.9 Å². The Morgan fingerprint density at radius 3 is 0.727 bits per heavy atom. The van der Waals surface area contributed by atoms with Crippen molar-refractivity contribution in [3.05, 3.63) is 201 Å². The molecular weight excluding hydrogens is 813 g/mol. The molecular formula is C61H74O5. The van der Waals surface area contributed by atoms with Crippen molar-refractivity contribution in [2.24, 2.45) is 0 Å². The maximum absolute atomic E-state index is 12.5. The number of hydrogen-bond donors (Lipinski definition) is 0. The lowest BCUT2D eigenvalue weighted by Crippen LogP contribution is -2.02. The van der Waals surface area contributed by atoms with Gasteiger partial charge in [0.25, 0.3) is 0 Å². The van der Waals surface area contributed by atoms with E-state index in [9.17, 15) is 14.4 Å². The molecule has 6 aromatic rings. The first-order valence-corrected chi connectivity index (χ1v) is 24.4. The van der Waals surface area contributed by atoms with E-state index in [1.807, 2.05) is 173 Å². The normalized spacial score (nSPS) is 10.5. The minimum absolute atomic E-state index is 0.0505. The van der Waals surface area contributed by atoms with Crippen molar-refractivity contribution in [3.8, 4) is 11.5 Å². The Kier molecular flexibility index (Phi) is 24.0. The number of aryl methyl sites for hydroxylation is 4. The first-order chi connectivity index (χ1) is 32.1. The molecule has 6 aromatic carbocycles. The van der Waals surface area contributed by atoms with Gasteiger partial charge < -0.3 is 9.47 Å². The summed E-state index contributed by atoms with van der Waals surface area (Å²) >= 11 is 0. The van der Waals surface area contributed by atoms with Crippen LogP contribution in [0.2, 0.25) is 0 Å². The third kappa shape index (κ3) is 19.6. The average molecular weight is 887 g/mol. The first-order valence-electron chi connectivity index (χ1n) is 24.4. The molecule has 0 N–H and O–H groups in total. The van der Waals surface area contributed by atoms with Gasteiger partial charge in [-0.1, -0.05) is 210 Å². The minimum atomic E-state index is 0.0505. The number of rotatable bonds is 24. The van der Waals surface area contributed by atoms with Crippen molar-refractivity contribution in [1.29, 1.82) is 0 Å². The fourth-order valence-electron chi connectivity index (χ4n) is 7.22. The van der Waals surface area contributed by atoms with Gasteiger partial charge in [0.1, 0.15) is 11.5 Å². The van der Waals surface area contributed by atoms with Gasteiger partial charge >= 0.3 is 0 Å². The van der Waals surface area contributed by atoms with Crippen LogP contribution in [0.3, 0.4) is 0 Å². The Bertz CT molecular complexity index is 2220. The van der Waals surface area contributed by atoms with Crippen molar-refractivity contribution in [2.75, 3.05) is 13.2 Å². The second-order valence-electron chi connectivity index (χ2n) is 17.4. The zero-order chi connectivity index (χ0) is 47.4. The van der Waals surface area contributed by atoms with Crippen LogP contribution in [0.1, 0.15) is 174 Å². The molecule has 0 saturated heterocycles. The SMILES string of the molecule is CCCCCCCCCCCCOc1ccc(C(=O)c2ccc(C)cc2)cc1.CCCCCCOc1ccc(C(=O)c2ccc(C)cc2)cc1.Cc1ccc(C(=O)c2ccc(C)cc2)cc1. The Labute approximate surface area is 397 Å². The molecule has 0 unspecified atom stereocenters. The van der Waals surface area contributed by atoms with E-state index in [0.29, 0.717) is 11.1 Å². The predicted octanol–water partition coefficient (Wildman–Crippen LogP) is 16.2. The highest BCUT2D eigenvalue weighted by Gasteiger charge is 2.11. The number of benzene rings is 6. The summed E-state index contributed by atoms with van der Waals surface area (Å²) in [6, 6.07) is 45.6. The molecule has 0 saturated carbocycles. The van der Waals surface area contributed by atoms with Gasteiger partial charge in [-0.25, -0.2) is 0 Å². The molecule has 0 spiro atoms. The van der Waals surface area contributed by atoms with Gasteiger partial charge in [-0.15, -0.1) is 0 Å². The summed E-state index contributed by atoms with van der Waals surface area (Å²) in [7, 11) is 0. The van der Waals surface area contributed by atoms with E-state index in [2.05, 4.69) is 13.8 Å². The second kappa shape index (κ2) is 30.2. The number of unbranched alkanes of at least 4 members (excludes halogenated alkanes) is 12. The van der Waals surface area contributed by atoms with Crippen molar-refractivity contribution in [2.45, 2.75) is 131 Å². The fraction of sp³-hybridized carbons (Fsp3) is 0.361. The lowest BCUT2D eigenvalue weighted by Gasteiger charge is -2.07. The van der Waals surface area contributed by atoms with Gasteiger partial charge in [0.15, 0.2) is 17.3 Å². The molecule has 0 amide bonds. The minimum Gasteiger partial charge on any atom is -0.494 e. The summed E-state index contributed by atoms with van der Waals surface area (Å²) < 4.78 is 11.5. The Morgan fingerprint density at radius 2 is 0.485 bits per heavy atom. The standard InChI is InChI=1S/C26H36O2.C20H24O2.C15H14O/c1-3-4-5-6-7-8-9-10-11-12-21-28-25-19-17-24(18-20-25)26(27)23-15-13-22(2)14-16-23;1-3-4-5-6-15-22-19-13-11-18(12-14-19)20(21)17-9-7-16(2)8-10-17;1-11-3-7-13(8-4-11)15(16)14-9-5-12(2)6-10-14/h13-20H,3-12,21H2,1-2H3;7-14H,3-6,15H2,1-2H3;3-10H,1-2H3. The zero-order valence-corrected chi connectivity index (χ0v) is 40.7. The highest BCUT2D eigenvalue weighted by atomic mass is 16.5. The highest BCUT2D eigenvalue weighted by molar-refractivity contribution is 6.10. The van der Waals surface area contributed by atoms with E-state index in [1.54, 1.807) is 0 Å². The van der Waals surface area contributed by atoms with E-state index < -0.39 is 0 Å². The van der Waals surface area contributed by atoms with Crippen molar-refractivity contribution in [3.63, 3.8) is 0 Å². The molecule has 66 heavy (non-hydrogen) atoms. The molecule has 0 aromatic heterocycles. The molecule has 0 aliphatic rings. The van der Waals surface area contributed by atoms with Gasteiger partial charge in [0.2, 0.25) is 0 Å². The molecule has 0 heterocycles. The van der Waals surface area contributed by atoms with Gasteiger partial charge in [0.05, 0.1) is 13.2 Å². The molecule has 0 aliphatic carbocycles. The maximum atomic E-state index is 12.5. The predicted molar refractivity (Wildman–Crippen MR) is 275 cm³/mol. The van der Waals surface area contributed by atoms with Crippen molar-refractivity contribution < 1.29 is 23.9 Å². The average Bonchev–Trinajstić information content (AvgIpc) is 3.34. The van der Waals surface area contributed by atoms with Crippen LogP contribution < -0.4 is 9.47 Å². The smallest absolute Gasteiger partial charge is 0.193 e. The molecule has 0 atom stereocenters. The van der Waals surface area contributed by atoms with Crippen molar-refractivity contribution >= 4 is 17.3 Å². The fourth-order valence-corrected chi connectivity index (χ4v) is 7.22. The first kappa shape index (κ1) is 52.6. The molecule has 0 aliphatic heterocycles. The quantitative estimate of drug-likeness (QED) is 0.0447. The molecule has 0 radical (unpaired) electrons. The second-order valence-corrected chi connectivity index (χ2v) is 17.4. The van der Waals surface area contributed by atoms with Gasteiger partial charge in [-0.3, -0.25) is 14.4 Å². The Hall–Kier alpha value is -6.07. The number of carbonyl (C=O) groups is 3. The van der Waals surface area contributed by atoms with E-state index in [4.69, 9.17) is 9.47 Å². The van der Waals surface area contributed by atoms with Crippen LogP contribution in [0.5, 0.6) is 11.5 Å². The highest BCUT2D eigenvalue weighted by Crippen LogP contribution is 2.19. The molecule has 5 heteroatoms. The van der Waals surface area contributed by atoms with E-state index in [1.165, 1.54) is 88.2 Å². The number of carbonyl (C=O) groups excluding carboxylic acids is 3. The summed E-state index contributed by atoms with van der Waals surface area (Å²) in [4.78, 5) is 36.9. The van der Waals surface area contributed by atoms with Crippen molar-refractivity contribution in [1.82, 2.24) is 0 Å². The van der Waals surface area contributed by atoms with Gasteiger partial charge in [0, 0.05) is 33.4 Å².